The molecule has 0 saturated heterocycles. The van der Waals surface area contributed by atoms with Crippen LogP contribution in [-0.4, -0.2) is 6.54 Å². The summed E-state index contributed by atoms with van der Waals surface area (Å²) in [5.74, 6) is 0.0582. The Bertz CT molecular complexity index is 563. The molecule has 0 spiro atoms. The third-order valence-electron chi connectivity index (χ3n) is 3.69. The van der Waals surface area contributed by atoms with Crippen molar-refractivity contribution >= 4 is 0 Å². The molecule has 0 aliphatic carbocycles. The van der Waals surface area contributed by atoms with E-state index in [1.165, 1.54) is 17.2 Å². The van der Waals surface area contributed by atoms with E-state index in [1.807, 2.05) is 25.1 Å². The lowest BCUT2D eigenvalue weighted by molar-refractivity contribution is 0.619. The third-order valence-corrected chi connectivity index (χ3v) is 3.69. The van der Waals surface area contributed by atoms with Crippen molar-refractivity contribution in [3.05, 3.63) is 70.5 Å². The summed E-state index contributed by atoms with van der Waals surface area (Å²) in [5.41, 5.74) is 10.6. The van der Waals surface area contributed by atoms with Gasteiger partial charge in [0.15, 0.2) is 0 Å². The van der Waals surface area contributed by atoms with Crippen LogP contribution in [0.3, 0.4) is 0 Å². The highest BCUT2D eigenvalue weighted by molar-refractivity contribution is 5.34. The lowest BCUT2D eigenvalue weighted by Gasteiger charge is -2.19. The Hall–Kier alpha value is -1.67. The van der Waals surface area contributed by atoms with Crippen molar-refractivity contribution in [3.63, 3.8) is 0 Å². The molecule has 2 N–H and O–H groups in total. The van der Waals surface area contributed by atoms with Gasteiger partial charge in [0, 0.05) is 5.92 Å². The largest absolute Gasteiger partial charge is 0.330 e. The molecule has 0 fully saturated rings. The molecule has 2 heteroatoms. The van der Waals surface area contributed by atoms with Gasteiger partial charge in [-0.1, -0.05) is 30.3 Å². The van der Waals surface area contributed by atoms with Gasteiger partial charge < -0.3 is 5.73 Å². The summed E-state index contributed by atoms with van der Waals surface area (Å²) in [6.07, 6.45) is 0.783. The Balaban J connectivity index is 2.29. The molecule has 100 valence electrons. The summed E-state index contributed by atoms with van der Waals surface area (Å²) in [6.45, 7) is 4.68. The minimum absolute atomic E-state index is 0.179. The van der Waals surface area contributed by atoms with Crippen LogP contribution in [0, 0.1) is 19.7 Å². The molecular weight excluding hydrogens is 237 g/mol. The van der Waals surface area contributed by atoms with Gasteiger partial charge in [0.1, 0.15) is 5.82 Å². The molecule has 2 rings (SSSR count). The topological polar surface area (TPSA) is 26.0 Å². The molecule has 2 aromatic carbocycles. The minimum Gasteiger partial charge on any atom is -0.330 e. The zero-order valence-corrected chi connectivity index (χ0v) is 11.5. The quantitative estimate of drug-likeness (QED) is 0.887. The summed E-state index contributed by atoms with van der Waals surface area (Å²) in [5, 5.41) is 0. The predicted octanol–water partition coefficient (Wildman–Crippen LogP) is 3.73. The lowest BCUT2D eigenvalue weighted by atomic mass is 9.88. The number of rotatable bonds is 4. The van der Waals surface area contributed by atoms with Crippen molar-refractivity contribution in [2.45, 2.75) is 26.2 Å². The summed E-state index contributed by atoms with van der Waals surface area (Å²) >= 11 is 0. The minimum atomic E-state index is -0.179. The van der Waals surface area contributed by atoms with Gasteiger partial charge >= 0.3 is 0 Å². The SMILES string of the molecule is Cc1ccc(F)cc1CC(CN)c1ccccc1C. The van der Waals surface area contributed by atoms with Crippen LogP contribution in [0.1, 0.15) is 28.2 Å². The maximum Gasteiger partial charge on any atom is 0.123 e. The molecule has 0 saturated carbocycles. The molecule has 0 heterocycles. The van der Waals surface area contributed by atoms with Crippen molar-refractivity contribution in [3.8, 4) is 0 Å². The Morgan fingerprint density at radius 2 is 1.79 bits per heavy atom. The fraction of sp³-hybridized carbons (Fsp3) is 0.294. The van der Waals surface area contributed by atoms with Gasteiger partial charge in [0.05, 0.1) is 0 Å². The third kappa shape index (κ3) is 3.21. The highest BCUT2D eigenvalue weighted by atomic mass is 19.1. The van der Waals surface area contributed by atoms with Crippen molar-refractivity contribution in [1.29, 1.82) is 0 Å². The highest BCUT2D eigenvalue weighted by Crippen LogP contribution is 2.24. The summed E-state index contributed by atoms with van der Waals surface area (Å²) in [4.78, 5) is 0. The average Bonchev–Trinajstić information content (AvgIpc) is 2.41. The van der Waals surface area contributed by atoms with Crippen molar-refractivity contribution in [2.24, 2.45) is 5.73 Å². The first-order valence-electron chi connectivity index (χ1n) is 6.62. The van der Waals surface area contributed by atoms with Crippen LogP contribution in [0.2, 0.25) is 0 Å². The Morgan fingerprint density at radius 1 is 1.05 bits per heavy atom. The number of halogens is 1. The van der Waals surface area contributed by atoms with E-state index in [0.717, 1.165) is 17.5 Å². The molecule has 0 amide bonds. The van der Waals surface area contributed by atoms with Crippen LogP contribution in [0.25, 0.3) is 0 Å². The van der Waals surface area contributed by atoms with Gasteiger partial charge in [-0.05, 0) is 61.2 Å². The standard InChI is InChI=1S/C17H20FN/c1-12-7-8-16(18)10-14(12)9-15(11-19)17-6-4-3-5-13(17)2/h3-8,10,15H,9,11,19H2,1-2H3. The van der Waals surface area contributed by atoms with Crippen molar-refractivity contribution in [2.75, 3.05) is 6.54 Å². The molecular formula is C17H20FN. The van der Waals surface area contributed by atoms with Crippen LogP contribution in [0.15, 0.2) is 42.5 Å². The Kier molecular flexibility index (Phi) is 4.33. The molecule has 0 aromatic heterocycles. The molecule has 0 radical (unpaired) electrons. The summed E-state index contributed by atoms with van der Waals surface area (Å²) < 4.78 is 13.4. The molecule has 19 heavy (non-hydrogen) atoms. The molecule has 0 aliphatic heterocycles. The second-order valence-corrected chi connectivity index (χ2v) is 5.06. The number of nitrogens with two attached hydrogens (primary N) is 1. The number of benzene rings is 2. The number of hydrogen-bond donors (Lipinski definition) is 1. The van der Waals surface area contributed by atoms with Crippen LogP contribution < -0.4 is 5.73 Å². The van der Waals surface area contributed by atoms with E-state index in [4.69, 9.17) is 5.73 Å². The maximum atomic E-state index is 13.4. The van der Waals surface area contributed by atoms with E-state index < -0.39 is 0 Å². The van der Waals surface area contributed by atoms with E-state index in [2.05, 4.69) is 19.1 Å². The van der Waals surface area contributed by atoms with Crippen LogP contribution in [0.4, 0.5) is 4.39 Å². The van der Waals surface area contributed by atoms with Crippen LogP contribution >= 0.6 is 0 Å². The van der Waals surface area contributed by atoms with Gasteiger partial charge in [-0.2, -0.15) is 0 Å². The van der Waals surface area contributed by atoms with E-state index in [1.54, 1.807) is 6.07 Å². The molecule has 1 atom stereocenters. The van der Waals surface area contributed by atoms with Crippen LogP contribution in [0.5, 0.6) is 0 Å². The fourth-order valence-corrected chi connectivity index (χ4v) is 2.49. The summed E-state index contributed by atoms with van der Waals surface area (Å²) in [7, 11) is 0. The monoisotopic (exact) mass is 257 g/mol. The number of aryl methyl sites for hydroxylation is 2. The predicted molar refractivity (Wildman–Crippen MR) is 77.8 cm³/mol. The molecule has 2 aromatic rings. The van der Waals surface area contributed by atoms with Gasteiger partial charge in [-0.3, -0.25) is 0 Å². The van der Waals surface area contributed by atoms with Gasteiger partial charge in [-0.15, -0.1) is 0 Å². The van der Waals surface area contributed by atoms with Crippen LogP contribution in [-0.2, 0) is 6.42 Å². The van der Waals surface area contributed by atoms with E-state index in [0.29, 0.717) is 6.54 Å². The average molecular weight is 257 g/mol. The van der Waals surface area contributed by atoms with E-state index >= 15 is 0 Å². The van der Waals surface area contributed by atoms with Crippen molar-refractivity contribution in [1.82, 2.24) is 0 Å². The highest BCUT2D eigenvalue weighted by Gasteiger charge is 2.14. The van der Waals surface area contributed by atoms with E-state index in [9.17, 15) is 4.39 Å². The molecule has 1 unspecified atom stereocenters. The first-order valence-corrected chi connectivity index (χ1v) is 6.62. The van der Waals surface area contributed by atoms with Gasteiger partial charge in [0.25, 0.3) is 0 Å². The lowest BCUT2D eigenvalue weighted by Crippen LogP contribution is -2.16. The molecule has 0 aliphatic rings. The smallest absolute Gasteiger partial charge is 0.123 e. The second kappa shape index (κ2) is 5.98. The summed E-state index contributed by atoms with van der Waals surface area (Å²) in [6, 6.07) is 13.2. The zero-order chi connectivity index (χ0) is 13.8. The maximum absolute atomic E-state index is 13.4. The Morgan fingerprint density at radius 3 is 2.47 bits per heavy atom. The van der Waals surface area contributed by atoms with E-state index in [-0.39, 0.29) is 11.7 Å². The van der Waals surface area contributed by atoms with Gasteiger partial charge in [0.2, 0.25) is 0 Å². The second-order valence-electron chi connectivity index (χ2n) is 5.06. The zero-order valence-electron chi connectivity index (χ0n) is 11.5. The first-order chi connectivity index (χ1) is 9.11. The normalized spacial score (nSPS) is 12.4. The number of hydrogen-bond acceptors (Lipinski definition) is 1. The fourth-order valence-electron chi connectivity index (χ4n) is 2.49. The molecule has 0 bridgehead atoms. The van der Waals surface area contributed by atoms with Crippen molar-refractivity contribution < 1.29 is 4.39 Å². The molecule has 1 nitrogen and oxygen atoms in total. The van der Waals surface area contributed by atoms with Gasteiger partial charge in [-0.25, -0.2) is 4.39 Å². The Labute approximate surface area is 114 Å². The first kappa shape index (κ1) is 13.8.